The molecule has 1 aromatic carbocycles. The highest BCUT2D eigenvalue weighted by Gasteiger charge is 2.55. The topological polar surface area (TPSA) is 47.3 Å². The zero-order chi connectivity index (χ0) is 10.5. The van der Waals surface area contributed by atoms with Gasteiger partial charge in [0.25, 0.3) is 0 Å². The maximum absolute atomic E-state index is 6.07. The van der Waals surface area contributed by atoms with Crippen molar-refractivity contribution in [3.63, 3.8) is 0 Å². The van der Waals surface area contributed by atoms with Crippen LogP contribution in [0.3, 0.4) is 0 Å². The molecule has 15 heavy (non-hydrogen) atoms. The molecule has 0 radical (unpaired) electrons. The molecule has 0 saturated heterocycles. The van der Waals surface area contributed by atoms with E-state index in [-0.39, 0.29) is 5.41 Å². The molecule has 0 aromatic heterocycles. The minimum atomic E-state index is 0.245. The number of benzene rings is 1. The molecule has 2 unspecified atom stereocenters. The molecule has 0 amide bonds. The Morgan fingerprint density at radius 2 is 2.33 bits per heavy atom. The molecular formula is C12H16N2O. The Bertz CT molecular complexity index is 405. The van der Waals surface area contributed by atoms with Gasteiger partial charge >= 0.3 is 0 Å². The van der Waals surface area contributed by atoms with Crippen LogP contribution in [-0.4, -0.2) is 19.7 Å². The lowest BCUT2D eigenvalue weighted by molar-refractivity contribution is 0.413. The second-order valence-corrected chi connectivity index (χ2v) is 4.56. The van der Waals surface area contributed by atoms with Gasteiger partial charge in [-0.3, -0.25) is 0 Å². The molecular weight excluding hydrogens is 188 g/mol. The van der Waals surface area contributed by atoms with Crippen LogP contribution >= 0.6 is 0 Å². The first-order valence-corrected chi connectivity index (χ1v) is 5.44. The SMILES string of the molecule is COc1ccc2c(c1)C1(CCN2)CC1N. The minimum Gasteiger partial charge on any atom is -0.497 e. The molecule has 1 aliphatic carbocycles. The van der Waals surface area contributed by atoms with Gasteiger partial charge < -0.3 is 15.8 Å². The second-order valence-electron chi connectivity index (χ2n) is 4.56. The average Bonchev–Trinajstić information content (AvgIpc) is 2.90. The molecule has 1 heterocycles. The van der Waals surface area contributed by atoms with E-state index in [1.165, 1.54) is 11.3 Å². The number of hydrogen-bond acceptors (Lipinski definition) is 3. The van der Waals surface area contributed by atoms with Crippen LogP contribution in [0.25, 0.3) is 0 Å². The Morgan fingerprint density at radius 3 is 3.00 bits per heavy atom. The van der Waals surface area contributed by atoms with E-state index in [1.807, 2.05) is 6.07 Å². The summed E-state index contributed by atoms with van der Waals surface area (Å²) in [7, 11) is 1.71. The molecule has 3 nitrogen and oxygen atoms in total. The molecule has 2 atom stereocenters. The van der Waals surface area contributed by atoms with Crippen LogP contribution in [0.2, 0.25) is 0 Å². The predicted molar refractivity (Wildman–Crippen MR) is 60.4 cm³/mol. The van der Waals surface area contributed by atoms with E-state index < -0.39 is 0 Å². The third kappa shape index (κ3) is 1.16. The Balaban J connectivity index is 2.09. The number of nitrogens with one attached hydrogen (secondary N) is 1. The summed E-state index contributed by atoms with van der Waals surface area (Å²) in [5.74, 6) is 0.927. The lowest BCUT2D eigenvalue weighted by Crippen LogP contribution is -2.27. The first-order valence-electron chi connectivity index (χ1n) is 5.44. The largest absolute Gasteiger partial charge is 0.497 e. The van der Waals surface area contributed by atoms with Crippen molar-refractivity contribution in [3.05, 3.63) is 23.8 Å². The highest BCUT2D eigenvalue weighted by atomic mass is 16.5. The quantitative estimate of drug-likeness (QED) is 0.728. The Morgan fingerprint density at radius 1 is 1.53 bits per heavy atom. The summed E-state index contributed by atoms with van der Waals surface area (Å²) < 4.78 is 5.27. The summed E-state index contributed by atoms with van der Waals surface area (Å²) in [6, 6.07) is 6.57. The Labute approximate surface area is 89.6 Å². The van der Waals surface area contributed by atoms with Gasteiger partial charge in [0.05, 0.1) is 7.11 Å². The normalized spacial score (nSPS) is 32.0. The molecule has 3 heteroatoms. The smallest absolute Gasteiger partial charge is 0.119 e. The summed E-state index contributed by atoms with van der Waals surface area (Å²) in [6.07, 6.45) is 2.27. The monoisotopic (exact) mass is 204 g/mol. The third-order valence-electron chi connectivity index (χ3n) is 3.78. The van der Waals surface area contributed by atoms with Gasteiger partial charge in [-0.2, -0.15) is 0 Å². The molecule has 1 saturated carbocycles. The maximum atomic E-state index is 6.07. The number of ether oxygens (including phenoxy) is 1. The van der Waals surface area contributed by atoms with E-state index in [2.05, 4.69) is 17.4 Å². The van der Waals surface area contributed by atoms with E-state index in [0.717, 1.165) is 25.1 Å². The van der Waals surface area contributed by atoms with E-state index in [0.29, 0.717) is 6.04 Å². The van der Waals surface area contributed by atoms with Crippen molar-refractivity contribution in [1.82, 2.24) is 0 Å². The number of rotatable bonds is 1. The molecule has 1 aliphatic heterocycles. The first kappa shape index (κ1) is 9.04. The van der Waals surface area contributed by atoms with Crippen molar-refractivity contribution >= 4 is 5.69 Å². The fourth-order valence-corrected chi connectivity index (χ4v) is 2.70. The minimum absolute atomic E-state index is 0.245. The third-order valence-corrected chi connectivity index (χ3v) is 3.78. The second kappa shape index (κ2) is 2.89. The van der Waals surface area contributed by atoms with Crippen molar-refractivity contribution in [2.75, 3.05) is 19.0 Å². The lowest BCUT2D eigenvalue weighted by Gasteiger charge is -2.27. The molecule has 1 spiro atoms. The standard InChI is InChI=1S/C12H16N2O/c1-15-8-2-3-10-9(6-8)12(4-5-14-10)7-11(12)13/h2-3,6,11,14H,4-5,7,13H2,1H3. The molecule has 3 N–H and O–H groups in total. The summed E-state index contributed by atoms with van der Waals surface area (Å²) in [6.45, 7) is 1.03. The summed E-state index contributed by atoms with van der Waals surface area (Å²) in [5.41, 5.74) is 8.89. The Hall–Kier alpha value is -1.22. The molecule has 1 aromatic rings. The van der Waals surface area contributed by atoms with Crippen LogP contribution in [0.4, 0.5) is 5.69 Å². The van der Waals surface area contributed by atoms with Crippen LogP contribution < -0.4 is 15.8 Å². The summed E-state index contributed by atoms with van der Waals surface area (Å²) in [4.78, 5) is 0. The van der Waals surface area contributed by atoms with Crippen molar-refractivity contribution in [3.8, 4) is 5.75 Å². The van der Waals surface area contributed by atoms with E-state index >= 15 is 0 Å². The van der Waals surface area contributed by atoms with Gasteiger partial charge in [0.15, 0.2) is 0 Å². The fraction of sp³-hybridized carbons (Fsp3) is 0.500. The molecule has 0 bridgehead atoms. The fourth-order valence-electron chi connectivity index (χ4n) is 2.70. The number of methoxy groups -OCH3 is 1. The van der Waals surface area contributed by atoms with E-state index in [1.54, 1.807) is 7.11 Å². The van der Waals surface area contributed by atoms with Gasteiger partial charge in [0.1, 0.15) is 5.75 Å². The van der Waals surface area contributed by atoms with Crippen molar-refractivity contribution in [1.29, 1.82) is 0 Å². The maximum Gasteiger partial charge on any atom is 0.119 e. The van der Waals surface area contributed by atoms with E-state index in [4.69, 9.17) is 10.5 Å². The molecule has 1 fully saturated rings. The number of anilines is 1. The summed E-state index contributed by atoms with van der Waals surface area (Å²) in [5, 5.41) is 3.42. The van der Waals surface area contributed by atoms with Crippen LogP contribution in [0, 0.1) is 0 Å². The summed E-state index contributed by atoms with van der Waals surface area (Å²) >= 11 is 0. The zero-order valence-electron chi connectivity index (χ0n) is 8.92. The van der Waals surface area contributed by atoms with Crippen LogP contribution in [0.5, 0.6) is 5.75 Å². The highest BCUT2D eigenvalue weighted by molar-refractivity contribution is 5.62. The van der Waals surface area contributed by atoms with Crippen LogP contribution in [0.1, 0.15) is 18.4 Å². The van der Waals surface area contributed by atoms with Gasteiger partial charge in [0.2, 0.25) is 0 Å². The van der Waals surface area contributed by atoms with Crippen LogP contribution in [-0.2, 0) is 5.41 Å². The van der Waals surface area contributed by atoms with Crippen LogP contribution in [0.15, 0.2) is 18.2 Å². The molecule has 80 valence electrons. The number of nitrogens with two attached hydrogens (primary N) is 1. The van der Waals surface area contributed by atoms with Crippen molar-refractivity contribution < 1.29 is 4.74 Å². The average molecular weight is 204 g/mol. The number of hydrogen-bond donors (Lipinski definition) is 2. The molecule has 3 rings (SSSR count). The zero-order valence-corrected chi connectivity index (χ0v) is 8.92. The van der Waals surface area contributed by atoms with Gasteiger partial charge in [-0.1, -0.05) is 0 Å². The lowest BCUT2D eigenvalue weighted by atomic mass is 9.87. The number of fused-ring (bicyclic) bond motifs is 2. The van der Waals surface area contributed by atoms with E-state index in [9.17, 15) is 0 Å². The Kier molecular flexibility index (Phi) is 1.74. The van der Waals surface area contributed by atoms with Crippen molar-refractivity contribution in [2.24, 2.45) is 5.73 Å². The van der Waals surface area contributed by atoms with Crippen molar-refractivity contribution in [2.45, 2.75) is 24.3 Å². The molecule has 2 aliphatic rings. The first-order chi connectivity index (χ1) is 7.26. The highest BCUT2D eigenvalue weighted by Crippen LogP contribution is 2.54. The predicted octanol–water partition coefficient (Wildman–Crippen LogP) is 1.48. The van der Waals surface area contributed by atoms with Gasteiger partial charge in [-0.25, -0.2) is 0 Å². The van der Waals surface area contributed by atoms with Gasteiger partial charge in [-0.05, 0) is 36.6 Å². The van der Waals surface area contributed by atoms with Gasteiger partial charge in [0, 0.05) is 23.7 Å². The van der Waals surface area contributed by atoms with Gasteiger partial charge in [-0.15, -0.1) is 0 Å².